The Hall–Kier alpha value is -3.52. The molecule has 2 fully saturated rings. The molecule has 2 aromatic rings. The van der Waals surface area contributed by atoms with Gasteiger partial charge in [-0.15, -0.1) is 0 Å². The van der Waals surface area contributed by atoms with Crippen molar-refractivity contribution in [2.45, 2.75) is 5.54 Å². The fraction of sp³-hybridized carbons (Fsp3) is 0.238. The zero-order valence-corrected chi connectivity index (χ0v) is 15.5. The average molecular weight is 391 g/mol. The zero-order chi connectivity index (χ0) is 20.3. The molecule has 2 saturated heterocycles. The number of hydrogen-bond donors (Lipinski definition) is 2. The summed E-state index contributed by atoms with van der Waals surface area (Å²) in [5, 5.41) is 5.96. The van der Waals surface area contributed by atoms with Crippen molar-refractivity contribution in [3.63, 3.8) is 0 Å². The van der Waals surface area contributed by atoms with Crippen molar-refractivity contribution in [1.82, 2.24) is 5.32 Å². The maximum absolute atomic E-state index is 13.5. The number of benzene rings is 2. The minimum Gasteiger partial charge on any atom is -0.465 e. The predicted molar refractivity (Wildman–Crippen MR) is 102 cm³/mol. The number of rotatable bonds is 2. The highest BCUT2D eigenvalue weighted by Gasteiger charge is 2.67. The van der Waals surface area contributed by atoms with Crippen LogP contribution in [-0.2, 0) is 24.7 Å². The molecule has 146 valence electrons. The van der Waals surface area contributed by atoms with Gasteiger partial charge in [0.05, 0.1) is 30.2 Å². The van der Waals surface area contributed by atoms with E-state index in [-0.39, 0.29) is 23.7 Å². The number of para-hydroxylation sites is 2. The van der Waals surface area contributed by atoms with Crippen molar-refractivity contribution < 1.29 is 23.9 Å². The highest BCUT2D eigenvalue weighted by molar-refractivity contribution is 6.26. The molecular weight excluding hydrogens is 374 g/mol. The number of amides is 3. The molecule has 3 atom stereocenters. The lowest BCUT2D eigenvalue weighted by molar-refractivity contribution is -0.130. The lowest BCUT2D eigenvalue weighted by atomic mass is 9.77. The van der Waals surface area contributed by atoms with E-state index in [0.717, 1.165) is 4.90 Å². The Morgan fingerprint density at radius 2 is 1.79 bits per heavy atom. The summed E-state index contributed by atoms with van der Waals surface area (Å²) in [6.07, 6.45) is 0. The number of esters is 1. The number of methoxy groups -OCH3 is 1. The number of fused-ring (bicyclic) bond motifs is 4. The third kappa shape index (κ3) is 2.11. The zero-order valence-electron chi connectivity index (χ0n) is 15.5. The Morgan fingerprint density at radius 3 is 2.59 bits per heavy atom. The highest BCUT2D eigenvalue weighted by Crippen LogP contribution is 2.51. The Morgan fingerprint density at radius 1 is 1.07 bits per heavy atom. The fourth-order valence-corrected chi connectivity index (χ4v) is 4.75. The van der Waals surface area contributed by atoms with E-state index in [2.05, 4.69) is 10.6 Å². The van der Waals surface area contributed by atoms with Gasteiger partial charge in [0.2, 0.25) is 17.7 Å². The lowest BCUT2D eigenvalue weighted by Crippen LogP contribution is -2.51. The quantitative estimate of drug-likeness (QED) is 0.585. The van der Waals surface area contributed by atoms with Crippen molar-refractivity contribution >= 4 is 35.1 Å². The Kier molecular flexibility index (Phi) is 3.63. The first-order valence-electron chi connectivity index (χ1n) is 9.22. The normalized spacial score (nSPS) is 27.2. The van der Waals surface area contributed by atoms with E-state index in [0.29, 0.717) is 11.3 Å². The number of nitrogens with zero attached hydrogens (tertiary/aromatic N) is 1. The summed E-state index contributed by atoms with van der Waals surface area (Å²) in [5.74, 6) is -3.54. The predicted octanol–water partition coefficient (Wildman–Crippen LogP) is 1.03. The van der Waals surface area contributed by atoms with Gasteiger partial charge in [0.15, 0.2) is 0 Å². The second-order valence-electron chi connectivity index (χ2n) is 7.29. The number of anilines is 2. The smallest absolute Gasteiger partial charge is 0.339 e. The van der Waals surface area contributed by atoms with E-state index in [4.69, 9.17) is 4.74 Å². The number of imide groups is 1. The van der Waals surface area contributed by atoms with Crippen LogP contribution in [0.3, 0.4) is 0 Å². The number of ether oxygens (including phenoxy) is 1. The molecule has 3 aliphatic rings. The first kappa shape index (κ1) is 17.6. The average Bonchev–Trinajstić information content (AvgIpc) is 3.35. The number of carbonyl (C=O) groups excluding carboxylic acids is 4. The molecular formula is C21H17N3O5. The molecule has 0 bridgehead atoms. The molecule has 3 heterocycles. The van der Waals surface area contributed by atoms with Crippen LogP contribution in [-0.4, -0.2) is 37.3 Å². The van der Waals surface area contributed by atoms with Crippen LogP contribution in [0, 0.1) is 11.8 Å². The molecule has 0 aromatic heterocycles. The van der Waals surface area contributed by atoms with Gasteiger partial charge in [-0.3, -0.25) is 19.7 Å². The van der Waals surface area contributed by atoms with E-state index >= 15 is 0 Å². The molecule has 3 amide bonds. The van der Waals surface area contributed by atoms with Crippen LogP contribution in [0.15, 0.2) is 48.5 Å². The molecule has 29 heavy (non-hydrogen) atoms. The van der Waals surface area contributed by atoms with Crippen LogP contribution in [0.2, 0.25) is 0 Å². The summed E-state index contributed by atoms with van der Waals surface area (Å²) < 4.78 is 4.79. The van der Waals surface area contributed by atoms with Gasteiger partial charge >= 0.3 is 5.97 Å². The molecule has 3 aliphatic heterocycles. The number of hydrogen-bond acceptors (Lipinski definition) is 6. The molecule has 0 radical (unpaired) electrons. The molecule has 8 heteroatoms. The summed E-state index contributed by atoms with van der Waals surface area (Å²) in [6, 6.07) is 13.4. The Balaban J connectivity index is 1.63. The topological polar surface area (TPSA) is 105 Å². The number of carbonyl (C=O) groups is 4. The lowest BCUT2D eigenvalue weighted by Gasteiger charge is -2.28. The molecule has 1 spiro atoms. The van der Waals surface area contributed by atoms with Crippen molar-refractivity contribution in [3.05, 3.63) is 59.7 Å². The van der Waals surface area contributed by atoms with Gasteiger partial charge in [0.25, 0.3) is 0 Å². The van der Waals surface area contributed by atoms with Crippen LogP contribution in [0.1, 0.15) is 15.9 Å². The first-order valence-corrected chi connectivity index (χ1v) is 9.22. The van der Waals surface area contributed by atoms with E-state index in [1.54, 1.807) is 36.4 Å². The van der Waals surface area contributed by atoms with Gasteiger partial charge < -0.3 is 10.1 Å². The summed E-state index contributed by atoms with van der Waals surface area (Å²) >= 11 is 0. The summed E-state index contributed by atoms with van der Waals surface area (Å²) in [5.41, 5.74) is 0.268. The molecule has 2 N–H and O–H groups in total. The monoisotopic (exact) mass is 391 g/mol. The van der Waals surface area contributed by atoms with Crippen molar-refractivity contribution in [1.29, 1.82) is 0 Å². The fourth-order valence-electron chi connectivity index (χ4n) is 4.75. The van der Waals surface area contributed by atoms with Gasteiger partial charge in [-0.1, -0.05) is 30.3 Å². The maximum Gasteiger partial charge on any atom is 0.339 e. The minimum atomic E-state index is -1.30. The third-order valence-corrected chi connectivity index (χ3v) is 6.00. The largest absolute Gasteiger partial charge is 0.465 e. The molecule has 5 rings (SSSR count). The van der Waals surface area contributed by atoms with Gasteiger partial charge in [-0.2, -0.15) is 0 Å². The van der Waals surface area contributed by atoms with Crippen molar-refractivity contribution in [3.8, 4) is 0 Å². The summed E-state index contributed by atoms with van der Waals surface area (Å²) in [7, 11) is 1.24. The Bertz CT molecular complexity index is 1100. The van der Waals surface area contributed by atoms with Gasteiger partial charge in [-0.25, -0.2) is 9.69 Å². The van der Waals surface area contributed by atoms with Crippen molar-refractivity contribution in [2.24, 2.45) is 11.8 Å². The van der Waals surface area contributed by atoms with Gasteiger partial charge in [-0.05, 0) is 18.2 Å². The molecule has 0 aliphatic carbocycles. The summed E-state index contributed by atoms with van der Waals surface area (Å²) in [4.78, 5) is 52.9. The third-order valence-electron chi connectivity index (χ3n) is 6.00. The second-order valence-corrected chi connectivity index (χ2v) is 7.29. The number of nitrogens with one attached hydrogen (secondary N) is 2. The molecule has 0 saturated carbocycles. The Labute approximate surface area is 165 Å². The van der Waals surface area contributed by atoms with Crippen LogP contribution < -0.4 is 15.5 Å². The van der Waals surface area contributed by atoms with Crippen LogP contribution >= 0.6 is 0 Å². The highest BCUT2D eigenvalue weighted by atomic mass is 16.5. The van der Waals surface area contributed by atoms with E-state index in [9.17, 15) is 19.2 Å². The molecule has 0 unspecified atom stereocenters. The van der Waals surface area contributed by atoms with Gasteiger partial charge in [0, 0.05) is 17.8 Å². The van der Waals surface area contributed by atoms with Crippen LogP contribution in [0.25, 0.3) is 0 Å². The first-order chi connectivity index (χ1) is 14.0. The maximum atomic E-state index is 13.5. The molecule has 8 nitrogen and oxygen atoms in total. The van der Waals surface area contributed by atoms with Crippen molar-refractivity contribution in [2.75, 3.05) is 23.9 Å². The van der Waals surface area contributed by atoms with E-state index in [1.165, 1.54) is 19.2 Å². The standard InChI is InChI=1S/C21H17N3O5/c1-29-19(27)11-6-2-5-9-15(11)24-17(25)12-10-22-21(16(12)18(24)26)13-7-3-4-8-14(13)23-20(21)28/h2-9,12,16,22H,10H2,1H3,(H,23,28)/t12-,16+,21-/m1/s1. The van der Waals surface area contributed by atoms with E-state index in [1.807, 2.05) is 0 Å². The van der Waals surface area contributed by atoms with Crippen LogP contribution in [0.4, 0.5) is 11.4 Å². The van der Waals surface area contributed by atoms with E-state index < -0.39 is 35.2 Å². The SMILES string of the molecule is COC(=O)c1ccccc1N1C(=O)[C@@H]2[C@@H](CN[C@@]23C(=O)Nc2ccccc23)C1=O. The minimum absolute atomic E-state index is 0.120. The van der Waals surface area contributed by atoms with Gasteiger partial charge in [0.1, 0.15) is 5.54 Å². The molecule has 2 aromatic carbocycles. The summed E-state index contributed by atoms with van der Waals surface area (Å²) in [6.45, 7) is 0.188. The second kappa shape index (κ2) is 5.99. The van der Waals surface area contributed by atoms with Crippen LogP contribution in [0.5, 0.6) is 0 Å².